The van der Waals surface area contributed by atoms with E-state index in [2.05, 4.69) is 4.90 Å². The molecule has 2 heterocycles. The van der Waals surface area contributed by atoms with Crippen molar-refractivity contribution in [1.82, 2.24) is 9.80 Å². The summed E-state index contributed by atoms with van der Waals surface area (Å²) in [5.74, 6) is 0.888. The Balaban J connectivity index is 1.52. The van der Waals surface area contributed by atoms with Crippen molar-refractivity contribution in [2.75, 3.05) is 26.2 Å². The number of hydrogen-bond acceptors (Lipinski definition) is 3. The van der Waals surface area contributed by atoms with Crippen molar-refractivity contribution in [1.29, 1.82) is 0 Å². The van der Waals surface area contributed by atoms with E-state index >= 15 is 0 Å². The van der Waals surface area contributed by atoms with E-state index in [4.69, 9.17) is 0 Å². The van der Waals surface area contributed by atoms with Gasteiger partial charge in [0.05, 0.1) is 6.04 Å². The second-order valence-corrected chi connectivity index (χ2v) is 8.49. The van der Waals surface area contributed by atoms with E-state index in [9.17, 15) is 9.90 Å². The van der Waals surface area contributed by atoms with Crippen LogP contribution in [0.4, 0.5) is 0 Å². The Morgan fingerprint density at radius 2 is 1.73 bits per heavy atom. The van der Waals surface area contributed by atoms with Crippen molar-refractivity contribution >= 4 is 5.91 Å². The number of piperidine rings is 1. The highest BCUT2D eigenvalue weighted by atomic mass is 16.3. The molecular formula is C22H32N2O2. The topological polar surface area (TPSA) is 43.8 Å². The van der Waals surface area contributed by atoms with Gasteiger partial charge in [-0.15, -0.1) is 0 Å². The van der Waals surface area contributed by atoms with Gasteiger partial charge in [0.1, 0.15) is 5.60 Å². The van der Waals surface area contributed by atoms with Crippen LogP contribution in [0.1, 0.15) is 56.9 Å². The van der Waals surface area contributed by atoms with Gasteiger partial charge in [-0.2, -0.15) is 0 Å². The van der Waals surface area contributed by atoms with E-state index in [0.29, 0.717) is 37.8 Å². The maximum absolute atomic E-state index is 12.9. The Kier molecular flexibility index (Phi) is 5.32. The number of rotatable bonds is 4. The molecule has 2 aliphatic heterocycles. The Morgan fingerprint density at radius 1 is 1.04 bits per heavy atom. The number of benzene rings is 1. The molecule has 1 unspecified atom stereocenters. The number of likely N-dealkylation sites (tertiary alicyclic amines) is 2. The Bertz CT molecular complexity index is 608. The van der Waals surface area contributed by atoms with Crippen LogP contribution in [0, 0.1) is 5.92 Å². The monoisotopic (exact) mass is 356 g/mol. The summed E-state index contributed by atoms with van der Waals surface area (Å²) < 4.78 is 0. The predicted octanol–water partition coefficient (Wildman–Crippen LogP) is 3.15. The van der Waals surface area contributed by atoms with Crippen LogP contribution in [0.25, 0.3) is 0 Å². The van der Waals surface area contributed by atoms with Gasteiger partial charge in [0.25, 0.3) is 0 Å². The van der Waals surface area contributed by atoms with Gasteiger partial charge < -0.3 is 10.0 Å². The molecule has 1 amide bonds. The van der Waals surface area contributed by atoms with Gasteiger partial charge in [0.15, 0.2) is 0 Å². The zero-order valence-electron chi connectivity index (χ0n) is 15.8. The standard InChI is InChI=1S/C22H32N2O2/c25-21(16-18-8-4-5-9-18)24-15-12-22(26,19-10-2-1-3-11-19)20(17-24)23-13-6-7-14-23/h1-3,10-11,18,20,26H,4-9,12-17H2/t20-,22?/m1/s1. The van der Waals surface area contributed by atoms with Gasteiger partial charge in [-0.1, -0.05) is 43.2 Å². The minimum absolute atomic E-state index is 0.00804. The molecule has 4 heteroatoms. The number of aliphatic hydroxyl groups is 1. The van der Waals surface area contributed by atoms with Gasteiger partial charge in [-0.05, 0) is 56.7 Å². The lowest BCUT2D eigenvalue weighted by molar-refractivity contribution is -0.144. The Hall–Kier alpha value is -1.39. The number of carbonyl (C=O) groups excluding carboxylic acids is 1. The van der Waals surface area contributed by atoms with Crippen molar-refractivity contribution in [3.63, 3.8) is 0 Å². The van der Waals surface area contributed by atoms with E-state index in [1.54, 1.807) is 0 Å². The maximum atomic E-state index is 12.9. The van der Waals surface area contributed by atoms with Crippen LogP contribution in [0.15, 0.2) is 30.3 Å². The number of hydrogen-bond donors (Lipinski definition) is 1. The first-order valence-corrected chi connectivity index (χ1v) is 10.5. The van der Waals surface area contributed by atoms with E-state index in [-0.39, 0.29) is 6.04 Å². The normalized spacial score (nSPS) is 30.8. The summed E-state index contributed by atoms with van der Waals surface area (Å²) >= 11 is 0. The molecule has 1 N–H and O–H groups in total. The van der Waals surface area contributed by atoms with Crippen molar-refractivity contribution in [3.8, 4) is 0 Å². The third-order valence-electron chi connectivity index (χ3n) is 6.85. The van der Waals surface area contributed by atoms with E-state index in [1.165, 1.54) is 38.5 Å². The molecule has 4 nitrogen and oxygen atoms in total. The number of carbonyl (C=O) groups is 1. The molecule has 3 fully saturated rings. The summed E-state index contributed by atoms with van der Waals surface area (Å²) in [7, 11) is 0. The molecule has 1 aromatic carbocycles. The predicted molar refractivity (Wildman–Crippen MR) is 103 cm³/mol. The van der Waals surface area contributed by atoms with Crippen LogP contribution in [0.3, 0.4) is 0 Å². The first-order valence-electron chi connectivity index (χ1n) is 10.5. The highest BCUT2D eigenvalue weighted by molar-refractivity contribution is 5.76. The summed E-state index contributed by atoms with van der Waals surface area (Å²) in [5.41, 5.74) is 0.148. The van der Waals surface area contributed by atoms with Gasteiger partial charge >= 0.3 is 0 Å². The van der Waals surface area contributed by atoms with Gasteiger partial charge in [-0.3, -0.25) is 9.69 Å². The lowest BCUT2D eigenvalue weighted by Crippen LogP contribution is -2.61. The van der Waals surface area contributed by atoms with E-state index in [1.807, 2.05) is 35.2 Å². The summed E-state index contributed by atoms with van der Waals surface area (Å²) in [4.78, 5) is 17.3. The molecule has 0 spiro atoms. The van der Waals surface area contributed by atoms with E-state index < -0.39 is 5.60 Å². The molecule has 1 aliphatic carbocycles. The van der Waals surface area contributed by atoms with Gasteiger partial charge in [-0.25, -0.2) is 0 Å². The fraction of sp³-hybridized carbons (Fsp3) is 0.682. The molecule has 1 aromatic rings. The van der Waals surface area contributed by atoms with Crippen molar-refractivity contribution in [2.24, 2.45) is 5.92 Å². The molecule has 2 atom stereocenters. The van der Waals surface area contributed by atoms with Crippen LogP contribution in [-0.4, -0.2) is 53.0 Å². The maximum Gasteiger partial charge on any atom is 0.222 e. The smallest absolute Gasteiger partial charge is 0.222 e. The first kappa shape index (κ1) is 18.0. The molecule has 0 bridgehead atoms. The average molecular weight is 357 g/mol. The van der Waals surface area contributed by atoms with Crippen LogP contribution < -0.4 is 0 Å². The summed E-state index contributed by atoms with van der Waals surface area (Å²) in [5, 5.41) is 11.7. The SMILES string of the molecule is O=C(CC1CCCC1)N1CCC(O)(c2ccccc2)[C@H](N2CCCC2)C1. The fourth-order valence-corrected chi connectivity index (χ4v) is 5.27. The number of nitrogens with zero attached hydrogens (tertiary/aromatic N) is 2. The van der Waals surface area contributed by atoms with Crippen molar-refractivity contribution < 1.29 is 9.90 Å². The summed E-state index contributed by atoms with van der Waals surface area (Å²) in [6.45, 7) is 3.40. The van der Waals surface area contributed by atoms with Crippen LogP contribution in [0.5, 0.6) is 0 Å². The second kappa shape index (κ2) is 7.69. The molecule has 4 rings (SSSR count). The highest BCUT2D eigenvalue weighted by Crippen LogP contribution is 2.38. The van der Waals surface area contributed by atoms with E-state index in [0.717, 1.165) is 18.7 Å². The third kappa shape index (κ3) is 3.54. The van der Waals surface area contributed by atoms with Crippen LogP contribution >= 0.6 is 0 Å². The zero-order chi connectivity index (χ0) is 18.0. The first-order chi connectivity index (χ1) is 12.7. The minimum atomic E-state index is -0.851. The molecule has 0 radical (unpaired) electrons. The zero-order valence-corrected chi connectivity index (χ0v) is 15.8. The lowest BCUT2D eigenvalue weighted by atomic mass is 9.79. The molecule has 142 valence electrons. The summed E-state index contributed by atoms with van der Waals surface area (Å²) in [6.07, 6.45) is 8.70. The Labute approximate surface area is 157 Å². The number of amides is 1. The largest absolute Gasteiger partial charge is 0.383 e. The molecule has 26 heavy (non-hydrogen) atoms. The lowest BCUT2D eigenvalue weighted by Gasteiger charge is -2.48. The van der Waals surface area contributed by atoms with Gasteiger partial charge in [0, 0.05) is 19.5 Å². The second-order valence-electron chi connectivity index (χ2n) is 8.49. The quantitative estimate of drug-likeness (QED) is 0.901. The molecule has 3 aliphatic rings. The molecule has 2 saturated heterocycles. The van der Waals surface area contributed by atoms with Crippen LogP contribution in [-0.2, 0) is 10.4 Å². The fourth-order valence-electron chi connectivity index (χ4n) is 5.27. The van der Waals surface area contributed by atoms with Crippen LogP contribution in [0.2, 0.25) is 0 Å². The summed E-state index contributed by atoms with van der Waals surface area (Å²) in [6, 6.07) is 10.1. The highest BCUT2D eigenvalue weighted by Gasteiger charge is 2.47. The van der Waals surface area contributed by atoms with Crippen molar-refractivity contribution in [2.45, 2.75) is 63.0 Å². The third-order valence-corrected chi connectivity index (χ3v) is 6.85. The Morgan fingerprint density at radius 3 is 2.42 bits per heavy atom. The minimum Gasteiger partial charge on any atom is -0.383 e. The molecule has 1 saturated carbocycles. The average Bonchev–Trinajstić information content (AvgIpc) is 3.37. The molecular weight excluding hydrogens is 324 g/mol. The van der Waals surface area contributed by atoms with Gasteiger partial charge in [0.2, 0.25) is 5.91 Å². The van der Waals surface area contributed by atoms with Crippen molar-refractivity contribution in [3.05, 3.63) is 35.9 Å². The molecule has 0 aromatic heterocycles.